The Hall–Kier alpha value is -3.34. The third-order valence-electron chi connectivity index (χ3n) is 6.69. The van der Waals surface area contributed by atoms with Crippen molar-refractivity contribution >= 4 is 50.7 Å². The zero-order valence-electron chi connectivity index (χ0n) is 24.4. The van der Waals surface area contributed by atoms with Crippen molar-refractivity contribution in [2.75, 3.05) is 24.0 Å². The van der Waals surface area contributed by atoms with Crippen molar-refractivity contribution in [1.82, 2.24) is 10.2 Å². The number of carbonyl (C=O) groups is 2. The minimum absolute atomic E-state index is 0.0745. The Bertz CT molecular complexity index is 1490. The summed E-state index contributed by atoms with van der Waals surface area (Å²) in [5, 5.41) is 3.57. The minimum Gasteiger partial charge on any atom is -0.494 e. The van der Waals surface area contributed by atoms with Gasteiger partial charge in [-0.2, -0.15) is 0 Å². The Morgan fingerprint density at radius 2 is 1.65 bits per heavy atom. The number of benzene rings is 3. The van der Waals surface area contributed by atoms with Crippen LogP contribution in [0.15, 0.2) is 71.6 Å². The molecule has 0 radical (unpaired) electrons. The normalized spacial score (nSPS) is 12.0. The quantitative estimate of drug-likeness (QED) is 0.191. The minimum atomic E-state index is -4.32. The summed E-state index contributed by atoms with van der Waals surface area (Å²) in [5.74, 6) is -1.10. The second-order valence-corrected chi connectivity index (χ2v) is 12.4. The molecule has 8 nitrogen and oxygen atoms in total. The lowest BCUT2D eigenvalue weighted by Crippen LogP contribution is -2.52. The molecule has 232 valence electrons. The number of nitrogens with zero attached hydrogens (tertiary/aromatic N) is 2. The Balaban J connectivity index is 2.05. The number of ether oxygens (including phenoxy) is 1. The molecule has 2 amide bonds. The number of rotatable bonds is 15. The van der Waals surface area contributed by atoms with Gasteiger partial charge in [-0.1, -0.05) is 49.5 Å². The zero-order chi connectivity index (χ0) is 31.6. The fourth-order valence-electron chi connectivity index (χ4n) is 4.40. The number of unbranched alkanes of at least 4 members (excludes halogenated alkanes) is 1. The highest BCUT2D eigenvalue weighted by Gasteiger charge is 2.34. The van der Waals surface area contributed by atoms with Gasteiger partial charge >= 0.3 is 0 Å². The summed E-state index contributed by atoms with van der Waals surface area (Å²) in [6.07, 6.45) is 1.89. The summed E-state index contributed by atoms with van der Waals surface area (Å²) in [5.41, 5.74) is 0.607. The summed E-state index contributed by atoms with van der Waals surface area (Å²) in [6.45, 7) is 5.67. The van der Waals surface area contributed by atoms with Gasteiger partial charge in [-0.3, -0.25) is 13.9 Å². The van der Waals surface area contributed by atoms with Gasteiger partial charge in [0.25, 0.3) is 10.0 Å². The molecule has 12 heteroatoms. The maximum Gasteiger partial charge on any atom is 0.264 e. The maximum atomic E-state index is 14.1. The largest absolute Gasteiger partial charge is 0.494 e. The summed E-state index contributed by atoms with van der Waals surface area (Å²) < 4.78 is 48.1. The fourth-order valence-corrected chi connectivity index (χ4v) is 6.28. The first-order valence-corrected chi connectivity index (χ1v) is 16.2. The lowest BCUT2D eigenvalue weighted by Gasteiger charge is -2.33. The van der Waals surface area contributed by atoms with E-state index < -0.39 is 34.3 Å². The molecule has 3 aromatic rings. The van der Waals surface area contributed by atoms with E-state index in [1.54, 1.807) is 19.1 Å². The number of carbonyl (C=O) groups excluding carboxylic acids is 2. The van der Waals surface area contributed by atoms with E-state index >= 15 is 0 Å². The molecule has 0 spiro atoms. The highest BCUT2D eigenvalue weighted by molar-refractivity contribution is 7.92. The molecule has 43 heavy (non-hydrogen) atoms. The van der Waals surface area contributed by atoms with Crippen LogP contribution >= 0.6 is 23.2 Å². The van der Waals surface area contributed by atoms with Crippen molar-refractivity contribution in [2.45, 2.75) is 57.5 Å². The molecule has 1 atom stereocenters. The first-order chi connectivity index (χ1) is 20.5. The fraction of sp³-hybridized carbons (Fsp3) is 0.355. The van der Waals surface area contributed by atoms with Crippen LogP contribution in [0.3, 0.4) is 0 Å². The molecule has 0 heterocycles. The van der Waals surface area contributed by atoms with Crippen LogP contribution < -0.4 is 14.4 Å². The van der Waals surface area contributed by atoms with Crippen LogP contribution in [-0.4, -0.2) is 50.9 Å². The summed E-state index contributed by atoms with van der Waals surface area (Å²) in [6, 6.07) is 14.5. The molecule has 0 fully saturated rings. The molecule has 0 aromatic heterocycles. The predicted octanol–water partition coefficient (Wildman–Crippen LogP) is 6.45. The van der Waals surface area contributed by atoms with E-state index in [9.17, 15) is 22.4 Å². The van der Waals surface area contributed by atoms with Crippen molar-refractivity contribution in [2.24, 2.45) is 0 Å². The average molecular weight is 653 g/mol. The Kier molecular flexibility index (Phi) is 12.7. The van der Waals surface area contributed by atoms with Crippen LogP contribution in [0.2, 0.25) is 10.0 Å². The van der Waals surface area contributed by atoms with E-state index in [2.05, 4.69) is 5.32 Å². The van der Waals surface area contributed by atoms with Crippen LogP contribution in [0, 0.1) is 5.82 Å². The van der Waals surface area contributed by atoms with Crippen molar-refractivity contribution in [3.63, 3.8) is 0 Å². The molecular formula is C31H36Cl2FN3O5S. The monoisotopic (exact) mass is 651 g/mol. The van der Waals surface area contributed by atoms with E-state index in [-0.39, 0.29) is 29.5 Å². The summed E-state index contributed by atoms with van der Waals surface area (Å²) >= 11 is 12.5. The first-order valence-electron chi connectivity index (χ1n) is 14.0. The molecule has 0 saturated carbocycles. The Morgan fingerprint density at radius 1 is 0.977 bits per heavy atom. The van der Waals surface area contributed by atoms with Crippen molar-refractivity contribution in [1.29, 1.82) is 0 Å². The Morgan fingerprint density at radius 3 is 2.23 bits per heavy atom. The molecule has 0 aliphatic carbocycles. The van der Waals surface area contributed by atoms with Gasteiger partial charge in [0.05, 0.1) is 17.2 Å². The molecular weight excluding hydrogens is 616 g/mol. The lowest BCUT2D eigenvalue weighted by molar-refractivity contribution is -0.140. The van der Waals surface area contributed by atoms with E-state index in [4.69, 9.17) is 27.9 Å². The molecule has 0 saturated heterocycles. The topological polar surface area (TPSA) is 96.0 Å². The standard InChI is InChI=1S/C31H36Cl2FN3O5S/c1-4-7-18-35-31(39)29(5-2)36(20-22-8-9-23(32)19-28(22)33)30(38)21-37(25-12-10-24(34)11-13-25)43(40,41)27-16-14-26(15-17-27)42-6-3/h8-17,19,29H,4-7,18,20-21H2,1-3H3,(H,35,39)/t29-/m1/s1. The van der Waals surface area contributed by atoms with Gasteiger partial charge in [0, 0.05) is 23.1 Å². The van der Waals surface area contributed by atoms with Crippen LogP contribution in [0.1, 0.15) is 45.6 Å². The Labute approximate surface area is 262 Å². The molecule has 3 aromatic carbocycles. The molecule has 0 bridgehead atoms. The summed E-state index contributed by atoms with van der Waals surface area (Å²) in [4.78, 5) is 28.6. The van der Waals surface area contributed by atoms with Gasteiger partial charge in [-0.15, -0.1) is 0 Å². The van der Waals surface area contributed by atoms with E-state index in [1.165, 1.54) is 47.4 Å². The first kappa shape index (κ1) is 34.2. The zero-order valence-corrected chi connectivity index (χ0v) is 26.7. The van der Waals surface area contributed by atoms with Crippen LogP contribution in [0.25, 0.3) is 0 Å². The van der Waals surface area contributed by atoms with Gasteiger partial charge in [0.2, 0.25) is 11.8 Å². The number of halogens is 3. The average Bonchev–Trinajstić information content (AvgIpc) is 2.98. The molecule has 3 rings (SSSR count). The third kappa shape index (κ3) is 9.08. The van der Waals surface area contributed by atoms with Gasteiger partial charge < -0.3 is 15.0 Å². The SMILES string of the molecule is CCCCNC(=O)[C@@H](CC)N(Cc1ccc(Cl)cc1Cl)C(=O)CN(c1ccc(F)cc1)S(=O)(=O)c1ccc(OCC)cc1. The summed E-state index contributed by atoms with van der Waals surface area (Å²) in [7, 11) is -4.32. The molecule has 1 N–H and O–H groups in total. The number of hydrogen-bond acceptors (Lipinski definition) is 5. The van der Waals surface area contributed by atoms with Crippen molar-refractivity contribution in [3.05, 3.63) is 88.2 Å². The molecule has 0 aliphatic heterocycles. The number of hydrogen-bond donors (Lipinski definition) is 1. The number of nitrogens with one attached hydrogen (secondary N) is 1. The van der Waals surface area contributed by atoms with E-state index in [1.807, 2.05) is 13.8 Å². The smallest absolute Gasteiger partial charge is 0.264 e. The second kappa shape index (κ2) is 15.9. The number of sulfonamides is 1. The van der Waals surface area contributed by atoms with Crippen LogP contribution in [-0.2, 0) is 26.2 Å². The maximum absolute atomic E-state index is 14.1. The van der Waals surface area contributed by atoms with Crippen LogP contribution in [0.4, 0.5) is 10.1 Å². The van der Waals surface area contributed by atoms with E-state index in [0.717, 1.165) is 29.3 Å². The van der Waals surface area contributed by atoms with Crippen LogP contribution in [0.5, 0.6) is 5.75 Å². The lowest BCUT2D eigenvalue weighted by atomic mass is 10.1. The predicted molar refractivity (Wildman–Crippen MR) is 168 cm³/mol. The van der Waals surface area contributed by atoms with Crippen molar-refractivity contribution in [3.8, 4) is 5.75 Å². The van der Waals surface area contributed by atoms with Gasteiger partial charge in [0.15, 0.2) is 0 Å². The van der Waals surface area contributed by atoms with Crippen molar-refractivity contribution < 1.29 is 27.1 Å². The third-order valence-corrected chi connectivity index (χ3v) is 9.06. The number of amides is 2. The number of anilines is 1. The molecule has 0 aliphatic rings. The second-order valence-electron chi connectivity index (χ2n) is 9.72. The highest BCUT2D eigenvalue weighted by Crippen LogP contribution is 2.28. The highest BCUT2D eigenvalue weighted by atomic mass is 35.5. The molecule has 0 unspecified atom stereocenters. The van der Waals surface area contributed by atoms with Gasteiger partial charge in [0.1, 0.15) is 24.2 Å². The van der Waals surface area contributed by atoms with E-state index in [0.29, 0.717) is 34.5 Å². The van der Waals surface area contributed by atoms with Gasteiger partial charge in [-0.05, 0) is 86.0 Å². The van der Waals surface area contributed by atoms with Gasteiger partial charge in [-0.25, -0.2) is 12.8 Å².